The molecule has 1 heterocycles. The first-order valence-electron chi connectivity index (χ1n) is 4.27. The quantitative estimate of drug-likeness (QED) is 0.596. The number of nitrogens with two attached hydrogens (primary N) is 1. The van der Waals surface area contributed by atoms with Gasteiger partial charge in [-0.3, -0.25) is 0 Å². The van der Waals surface area contributed by atoms with Gasteiger partial charge in [-0.05, 0) is 39.0 Å². The molecular weight excluding hydrogens is 124 g/mol. The van der Waals surface area contributed by atoms with Gasteiger partial charge >= 0.3 is 0 Å². The maximum Gasteiger partial charge on any atom is -0.00184 e. The zero-order chi connectivity index (χ0) is 7.82. The molecule has 2 heteroatoms. The largest absolute Gasteiger partial charge is 0.331 e. The van der Waals surface area contributed by atoms with Gasteiger partial charge in [0.2, 0.25) is 0 Å². The first-order chi connectivity index (χ1) is 4.85. The first kappa shape index (κ1) is 9.92. The van der Waals surface area contributed by atoms with Crippen molar-refractivity contribution in [3.63, 3.8) is 0 Å². The second-order valence-electron chi connectivity index (χ2n) is 2.55. The van der Waals surface area contributed by atoms with Crippen LogP contribution >= 0.6 is 0 Å². The molecular formula is C8H20N2. The summed E-state index contributed by atoms with van der Waals surface area (Å²) >= 11 is 0. The Morgan fingerprint density at radius 1 is 1.20 bits per heavy atom. The van der Waals surface area contributed by atoms with E-state index in [-0.39, 0.29) is 0 Å². The SMILES string of the molecule is CCN.CCN1CCCC1. The van der Waals surface area contributed by atoms with E-state index in [1.807, 2.05) is 6.92 Å². The van der Waals surface area contributed by atoms with Crippen LogP contribution in [-0.4, -0.2) is 31.1 Å². The fourth-order valence-corrected chi connectivity index (χ4v) is 1.10. The summed E-state index contributed by atoms with van der Waals surface area (Å²) in [6, 6.07) is 0. The van der Waals surface area contributed by atoms with Gasteiger partial charge in [0.15, 0.2) is 0 Å². The molecule has 0 aromatic heterocycles. The molecule has 0 radical (unpaired) electrons. The van der Waals surface area contributed by atoms with Crippen LogP contribution in [0.5, 0.6) is 0 Å². The molecule has 0 atom stereocenters. The Labute approximate surface area is 64.4 Å². The third-order valence-electron chi connectivity index (χ3n) is 1.65. The minimum Gasteiger partial charge on any atom is -0.331 e. The van der Waals surface area contributed by atoms with E-state index in [9.17, 15) is 0 Å². The molecule has 1 aliphatic heterocycles. The van der Waals surface area contributed by atoms with Crippen LogP contribution in [0.3, 0.4) is 0 Å². The molecule has 10 heavy (non-hydrogen) atoms. The molecule has 0 aliphatic carbocycles. The maximum atomic E-state index is 4.85. The summed E-state index contributed by atoms with van der Waals surface area (Å²) in [6.45, 7) is 8.82. The van der Waals surface area contributed by atoms with Crippen LogP contribution in [0.2, 0.25) is 0 Å². The molecule has 1 aliphatic rings. The minimum atomic E-state index is 0.750. The van der Waals surface area contributed by atoms with Crippen LogP contribution in [-0.2, 0) is 0 Å². The van der Waals surface area contributed by atoms with E-state index in [4.69, 9.17) is 5.73 Å². The van der Waals surface area contributed by atoms with Crippen molar-refractivity contribution in [1.29, 1.82) is 0 Å². The van der Waals surface area contributed by atoms with Crippen molar-refractivity contribution in [2.24, 2.45) is 5.73 Å². The van der Waals surface area contributed by atoms with Gasteiger partial charge in [-0.25, -0.2) is 0 Å². The Morgan fingerprint density at radius 2 is 1.60 bits per heavy atom. The van der Waals surface area contributed by atoms with Crippen molar-refractivity contribution >= 4 is 0 Å². The Bertz CT molecular complexity index is 58.3. The number of nitrogens with zero attached hydrogens (tertiary/aromatic N) is 1. The molecule has 2 N–H and O–H groups in total. The van der Waals surface area contributed by atoms with Gasteiger partial charge in [0, 0.05) is 0 Å². The number of likely N-dealkylation sites (tertiary alicyclic amines) is 1. The Balaban J connectivity index is 0.000000236. The second kappa shape index (κ2) is 7.03. The van der Waals surface area contributed by atoms with Crippen LogP contribution in [0.4, 0.5) is 0 Å². The second-order valence-corrected chi connectivity index (χ2v) is 2.55. The van der Waals surface area contributed by atoms with Crippen LogP contribution in [0.25, 0.3) is 0 Å². The number of rotatable bonds is 1. The van der Waals surface area contributed by atoms with Crippen LogP contribution in [0.15, 0.2) is 0 Å². The van der Waals surface area contributed by atoms with Gasteiger partial charge in [-0.15, -0.1) is 0 Å². The van der Waals surface area contributed by atoms with Crippen LogP contribution in [0, 0.1) is 0 Å². The summed E-state index contributed by atoms with van der Waals surface area (Å²) in [4.78, 5) is 2.49. The molecule has 2 nitrogen and oxygen atoms in total. The lowest BCUT2D eigenvalue weighted by Crippen LogP contribution is -2.17. The highest BCUT2D eigenvalue weighted by atomic mass is 15.1. The lowest BCUT2D eigenvalue weighted by Gasteiger charge is -2.08. The van der Waals surface area contributed by atoms with E-state index < -0.39 is 0 Å². The molecule has 62 valence electrons. The molecule has 0 aromatic rings. The third-order valence-corrected chi connectivity index (χ3v) is 1.65. The lowest BCUT2D eigenvalue weighted by molar-refractivity contribution is 0.359. The van der Waals surface area contributed by atoms with Crippen molar-refractivity contribution < 1.29 is 0 Å². The van der Waals surface area contributed by atoms with E-state index in [0.717, 1.165) is 6.54 Å². The fourth-order valence-electron chi connectivity index (χ4n) is 1.10. The molecule has 1 saturated heterocycles. The van der Waals surface area contributed by atoms with Crippen molar-refractivity contribution in [2.75, 3.05) is 26.2 Å². The van der Waals surface area contributed by atoms with E-state index in [2.05, 4.69) is 11.8 Å². The van der Waals surface area contributed by atoms with Crippen molar-refractivity contribution in [3.05, 3.63) is 0 Å². The maximum absolute atomic E-state index is 4.85. The van der Waals surface area contributed by atoms with E-state index in [1.165, 1.54) is 32.5 Å². The van der Waals surface area contributed by atoms with E-state index in [1.54, 1.807) is 0 Å². The smallest absolute Gasteiger partial charge is 0.00184 e. The molecule has 0 saturated carbocycles. The Kier molecular flexibility index (Phi) is 6.98. The summed E-state index contributed by atoms with van der Waals surface area (Å²) in [7, 11) is 0. The fraction of sp³-hybridized carbons (Fsp3) is 1.00. The topological polar surface area (TPSA) is 29.3 Å². The standard InChI is InChI=1S/C6H13N.C2H7N/c1-2-7-5-3-4-6-7;1-2-3/h2-6H2,1H3;2-3H2,1H3. The molecule has 0 spiro atoms. The highest BCUT2D eigenvalue weighted by Gasteiger charge is 2.06. The average molecular weight is 144 g/mol. The van der Waals surface area contributed by atoms with Crippen LogP contribution in [0.1, 0.15) is 26.7 Å². The normalized spacial score (nSPS) is 18.3. The van der Waals surface area contributed by atoms with Gasteiger partial charge in [-0.2, -0.15) is 0 Å². The Hall–Kier alpha value is -0.0800. The minimum absolute atomic E-state index is 0.750. The molecule has 1 fully saturated rings. The zero-order valence-corrected chi connectivity index (χ0v) is 7.27. The summed E-state index contributed by atoms with van der Waals surface area (Å²) in [5, 5.41) is 0. The molecule has 1 rings (SSSR count). The molecule has 0 bridgehead atoms. The zero-order valence-electron chi connectivity index (χ0n) is 7.27. The van der Waals surface area contributed by atoms with E-state index in [0.29, 0.717) is 0 Å². The van der Waals surface area contributed by atoms with Gasteiger partial charge in [0.05, 0.1) is 0 Å². The predicted octanol–water partition coefficient (Wildman–Crippen LogP) is 1.07. The number of hydrogen-bond acceptors (Lipinski definition) is 2. The summed E-state index contributed by atoms with van der Waals surface area (Å²) in [6.07, 6.45) is 2.85. The molecule has 0 aromatic carbocycles. The highest BCUT2D eigenvalue weighted by Crippen LogP contribution is 2.04. The molecule has 0 unspecified atom stereocenters. The highest BCUT2D eigenvalue weighted by molar-refractivity contribution is 4.62. The third kappa shape index (κ3) is 4.77. The summed E-state index contributed by atoms with van der Waals surface area (Å²) in [5.41, 5.74) is 4.85. The van der Waals surface area contributed by atoms with E-state index >= 15 is 0 Å². The summed E-state index contributed by atoms with van der Waals surface area (Å²) < 4.78 is 0. The molecule has 0 amide bonds. The van der Waals surface area contributed by atoms with Crippen molar-refractivity contribution in [3.8, 4) is 0 Å². The van der Waals surface area contributed by atoms with Crippen LogP contribution < -0.4 is 5.73 Å². The van der Waals surface area contributed by atoms with Crippen molar-refractivity contribution in [1.82, 2.24) is 4.90 Å². The lowest BCUT2D eigenvalue weighted by atomic mass is 10.4. The Morgan fingerprint density at radius 3 is 1.80 bits per heavy atom. The van der Waals surface area contributed by atoms with Crippen molar-refractivity contribution in [2.45, 2.75) is 26.7 Å². The van der Waals surface area contributed by atoms with Gasteiger partial charge < -0.3 is 10.6 Å². The van der Waals surface area contributed by atoms with Gasteiger partial charge in [-0.1, -0.05) is 13.8 Å². The number of hydrogen-bond donors (Lipinski definition) is 1. The summed E-state index contributed by atoms with van der Waals surface area (Å²) in [5.74, 6) is 0. The van der Waals surface area contributed by atoms with Gasteiger partial charge in [0.25, 0.3) is 0 Å². The monoisotopic (exact) mass is 144 g/mol. The average Bonchev–Trinajstić information content (AvgIpc) is 2.39. The first-order valence-corrected chi connectivity index (χ1v) is 4.27. The van der Waals surface area contributed by atoms with Gasteiger partial charge in [0.1, 0.15) is 0 Å². The predicted molar refractivity (Wildman–Crippen MR) is 46.1 cm³/mol.